The molecule has 3 rings (SSSR count). The second-order valence-electron chi connectivity index (χ2n) is 6.35. The van der Waals surface area contributed by atoms with Crippen molar-refractivity contribution in [1.29, 1.82) is 0 Å². The van der Waals surface area contributed by atoms with Crippen LogP contribution in [0.1, 0.15) is 24.2 Å². The molecule has 0 aliphatic carbocycles. The molecule has 0 unspecified atom stereocenters. The lowest BCUT2D eigenvalue weighted by molar-refractivity contribution is -0.124. The molecular formula is C17H23ClN2O4S. The van der Waals surface area contributed by atoms with E-state index in [-0.39, 0.29) is 31.8 Å². The fourth-order valence-corrected chi connectivity index (χ4v) is 4.67. The minimum atomic E-state index is -3.51. The van der Waals surface area contributed by atoms with Crippen molar-refractivity contribution in [3.8, 4) is 0 Å². The fourth-order valence-electron chi connectivity index (χ4n) is 3.31. The second-order valence-corrected chi connectivity index (χ2v) is 8.67. The van der Waals surface area contributed by atoms with E-state index in [1.165, 1.54) is 0 Å². The molecule has 0 spiro atoms. The number of fused-ring (bicyclic) bond motifs is 1. The molecule has 1 saturated heterocycles. The maximum absolute atomic E-state index is 12.7. The topological polar surface area (TPSA) is 88.4 Å². The third-order valence-corrected chi connectivity index (χ3v) is 6.90. The van der Waals surface area contributed by atoms with E-state index in [0.717, 1.165) is 22.8 Å². The maximum Gasteiger partial charge on any atom is 0.241 e. The molecule has 1 aromatic heterocycles. The predicted octanol–water partition coefficient (Wildman–Crippen LogP) is 1.95. The molecule has 1 aliphatic heterocycles. The van der Waals surface area contributed by atoms with Crippen LogP contribution in [0, 0.1) is 6.92 Å². The molecule has 2 N–H and O–H groups in total. The molecule has 1 amide bonds. The van der Waals surface area contributed by atoms with Gasteiger partial charge in [-0.05, 0) is 38.9 Å². The Hall–Kier alpha value is -1.57. The van der Waals surface area contributed by atoms with E-state index in [1.54, 1.807) is 0 Å². The number of benzene rings is 1. The number of amides is 1. The molecule has 0 atom stereocenters. The number of rotatable bonds is 4. The van der Waals surface area contributed by atoms with Crippen molar-refractivity contribution >= 4 is 39.1 Å². The zero-order valence-electron chi connectivity index (χ0n) is 14.3. The number of hydrogen-bond acceptors (Lipinski definition) is 5. The van der Waals surface area contributed by atoms with Crippen molar-refractivity contribution in [2.24, 2.45) is 0 Å². The van der Waals surface area contributed by atoms with Gasteiger partial charge in [-0.25, -0.2) is 8.42 Å². The van der Waals surface area contributed by atoms with Crippen LogP contribution < -0.4 is 10.6 Å². The van der Waals surface area contributed by atoms with Crippen LogP contribution >= 0.6 is 12.4 Å². The first kappa shape index (κ1) is 19.8. The van der Waals surface area contributed by atoms with Gasteiger partial charge >= 0.3 is 0 Å². The molecule has 1 aromatic carbocycles. The van der Waals surface area contributed by atoms with Gasteiger partial charge in [0.15, 0.2) is 14.6 Å². The first-order valence-corrected chi connectivity index (χ1v) is 9.90. The summed E-state index contributed by atoms with van der Waals surface area (Å²) in [6, 6.07) is 7.66. The minimum absolute atomic E-state index is 0. The Morgan fingerprint density at radius 3 is 2.52 bits per heavy atom. The maximum atomic E-state index is 12.7. The highest BCUT2D eigenvalue weighted by Gasteiger charge is 2.48. The van der Waals surface area contributed by atoms with Crippen LogP contribution in [-0.4, -0.2) is 38.4 Å². The summed E-state index contributed by atoms with van der Waals surface area (Å²) in [6.45, 7) is 3.16. The summed E-state index contributed by atoms with van der Waals surface area (Å²) in [5.41, 5.74) is 1.73. The molecule has 2 heterocycles. The molecule has 0 saturated carbocycles. The van der Waals surface area contributed by atoms with Gasteiger partial charge in [-0.1, -0.05) is 18.2 Å². The smallest absolute Gasteiger partial charge is 0.241 e. The lowest BCUT2D eigenvalue weighted by Crippen LogP contribution is -2.57. The van der Waals surface area contributed by atoms with Crippen molar-refractivity contribution in [3.05, 3.63) is 35.6 Å². The van der Waals surface area contributed by atoms with Gasteiger partial charge in [0, 0.05) is 17.2 Å². The van der Waals surface area contributed by atoms with Crippen molar-refractivity contribution in [2.45, 2.75) is 31.1 Å². The van der Waals surface area contributed by atoms with E-state index in [4.69, 9.17) is 4.42 Å². The van der Waals surface area contributed by atoms with Crippen LogP contribution in [0.25, 0.3) is 11.0 Å². The average Bonchev–Trinajstić information content (AvgIpc) is 2.89. The monoisotopic (exact) mass is 386 g/mol. The van der Waals surface area contributed by atoms with E-state index in [9.17, 15) is 13.2 Å². The van der Waals surface area contributed by atoms with Gasteiger partial charge in [0.25, 0.3) is 0 Å². The van der Waals surface area contributed by atoms with Gasteiger partial charge in [0.1, 0.15) is 11.3 Å². The number of para-hydroxylation sites is 1. The van der Waals surface area contributed by atoms with E-state index in [2.05, 4.69) is 10.6 Å². The Balaban J connectivity index is 0.00000225. The fraction of sp³-hybridized carbons (Fsp3) is 0.471. The molecule has 0 radical (unpaired) electrons. The predicted molar refractivity (Wildman–Crippen MR) is 99.7 cm³/mol. The number of carbonyl (C=O) groups is 1. The largest absolute Gasteiger partial charge is 0.459 e. The van der Waals surface area contributed by atoms with Gasteiger partial charge in [-0.2, -0.15) is 0 Å². The lowest BCUT2D eigenvalue weighted by Gasteiger charge is -2.34. The molecular weight excluding hydrogens is 364 g/mol. The summed E-state index contributed by atoms with van der Waals surface area (Å²) in [6.07, 6.45) is 1.72. The van der Waals surface area contributed by atoms with Crippen LogP contribution in [-0.2, 0) is 21.2 Å². The van der Waals surface area contributed by atoms with E-state index < -0.39 is 20.5 Å². The zero-order chi connectivity index (χ0) is 17.4. The summed E-state index contributed by atoms with van der Waals surface area (Å²) in [5.74, 6) is 0.216. The van der Waals surface area contributed by atoms with E-state index in [1.807, 2.05) is 31.2 Å². The van der Waals surface area contributed by atoms with Crippen molar-refractivity contribution < 1.29 is 17.6 Å². The third-order valence-electron chi connectivity index (χ3n) is 4.89. The van der Waals surface area contributed by atoms with Crippen LogP contribution in [0.3, 0.4) is 0 Å². The number of aryl methyl sites for hydroxylation is 1. The van der Waals surface area contributed by atoms with E-state index >= 15 is 0 Å². The van der Waals surface area contributed by atoms with Gasteiger partial charge in [-0.15, -0.1) is 12.4 Å². The molecule has 6 nitrogen and oxygen atoms in total. The number of carbonyl (C=O) groups excluding carboxylic acids is 1. The van der Waals surface area contributed by atoms with Crippen LogP contribution in [0.4, 0.5) is 0 Å². The highest BCUT2D eigenvalue weighted by atomic mass is 35.5. The Labute approximate surface area is 153 Å². The lowest BCUT2D eigenvalue weighted by atomic mass is 9.96. The summed E-state index contributed by atoms with van der Waals surface area (Å²) in [4.78, 5) is 12.7. The summed E-state index contributed by atoms with van der Waals surface area (Å²) in [5, 5.41) is 6.88. The molecule has 25 heavy (non-hydrogen) atoms. The number of halogens is 1. The molecule has 0 bridgehead atoms. The van der Waals surface area contributed by atoms with Gasteiger partial charge in [0.05, 0.1) is 6.54 Å². The molecule has 138 valence electrons. The summed E-state index contributed by atoms with van der Waals surface area (Å²) in [7, 11) is -3.51. The number of piperidine rings is 1. The van der Waals surface area contributed by atoms with Crippen LogP contribution in [0.5, 0.6) is 0 Å². The first-order chi connectivity index (χ1) is 11.3. The van der Waals surface area contributed by atoms with Gasteiger partial charge in [0.2, 0.25) is 5.91 Å². The highest BCUT2D eigenvalue weighted by molar-refractivity contribution is 7.92. The number of hydrogen-bond donors (Lipinski definition) is 2. The van der Waals surface area contributed by atoms with Gasteiger partial charge in [-0.3, -0.25) is 4.79 Å². The Bertz CT molecular complexity index is 870. The molecule has 1 aliphatic rings. The minimum Gasteiger partial charge on any atom is -0.459 e. The van der Waals surface area contributed by atoms with Crippen molar-refractivity contribution in [2.75, 3.05) is 19.3 Å². The Morgan fingerprint density at radius 2 is 1.92 bits per heavy atom. The van der Waals surface area contributed by atoms with Gasteiger partial charge < -0.3 is 15.1 Å². The number of furan rings is 1. The summed E-state index contributed by atoms with van der Waals surface area (Å²) >= 11 is 0. The van der Waals surface area contributed by atoms with E-state index in [0.29, 0.717) is 18.8 Å². The molecule has 8 heteroatoms. The molecule has 2 aromatic rings. The second kappa shape index (κ2) is 7.35. The quantitative estimate of drug-likeness (QED) is 0.838. The van der Waals surface area contributed by atoms with Crippen molar-refractivity contribution in [1.82, 2.24) is 10.6 Å². The standard InChI is InChI=1S/C17H22N2O4S.ClH/c1-12-13-5-3-4-6-14(13)23-15(12)11-19-16(20)17(24(2,21)22)7-9-18-10-8-17;/h3-6,18H,7-11H2,1-2H3,(H,19,20);1H. The number of nitrogens with one attached hydrogen (secondary N) is 2. The normalized spacial score (nSPS) is 17.0. The first-order valence-electron chi connectivity index (χ1n) is 8.01. The average molecular weight is 387 g/mol. The Morgan fingerprint density at radius 1 is 1.28 bits per heavy atom. The SMILES string of the molecule is Cc1c(CNC(=O)C2(S(C)(=O)=O)CCNCC2)oc2ccccc12.Cl. The summed E-state index contributed by atoms with van der Waals surface area (Å²) < 4.78 is 28.9. The van der Waals surface area contributed by atoms with Crippen molar-refractivity contribution in [3.63, 3.8) is 0 Å². The number of sulfone groups is 1. The van der Waals surface area contributed by atoms with Crippen LogP contribution in [0.2, 0.25) is 0 Å². The van der Waals surface area contributed by atoms with Crippen LogP contribution in [0.15, 0.2) is 28.7 Å². The zero-order valence-corrected chi connectivity index (χ0v) is 15.9. The third kappa shape index (κ3) is 3.54. The highest BCUT2D eigenvalue weighted by Crippen LogP contribution is 2.29. The Kier molecular flexibility index (Phi) is 5.81. The molecule has 1 fully saturated rings.